The van der Waals surface area contributed by atoms with E-state index in [9.17, 15) is 13.2 Å². The third-order valence-corrected chi connectivity index (χ3v) is 6.09. The Kier molecular flexibility index (Phi) is 6.34. The molecule has 3 rings (SSSR count). The molecule has 0 spiro atoms. The summed E-state index contributed by atoms with van der Waals surface area (Å²) < 4.78 is 33.6. The first-order valence-electron chi connectivity index (χ1n) is 9.04. The predicted octanol–water partition coefficient (Wildman–Crippen LogP) is 5.02. The van der Waals surface area contributed by atoms with Crippen LogP contribution in [0.25, 0.3) is 0 Å². The van der Waals surface area contributed by atoms with Crippen molar-refractivity contribution in [3.05, 3.63) is 82.4 Å². The van der Waals surface area contributed by atoms with Crippen molar-refractivity contribution in [2.75, 3.05) is 17.1 Å². The Morgan fingerprint density at radius 1 is 0.933 bits per heavy atom. The molecule has 0 atom stereocenters. The van der Waals surface area contributed by atoms with Gasteiger partial charge in [0.1, 0.15) is 5.75 Å². The molecule has 0 aliphatic carbocycles. The maximum atomic E-state index is 12.9. The van der Waals surface area contributed by atoms with Gasteiger partial charge in [0.2, 0.25) is 0 Å². The first kappa shape index (κ1) is 21.7. The number of aryl methyl sites for hydroxylation is 2. The van der Waals surface area contributed by atoms with Crippen LogP contribution in [0, 0.1) is 13.8 Å². The van der Waals surface area contributed by atoms with Gasteiger partial charge in [-0.05, 0) is 61.9 Å². The molecular weight excluding hydrogens is 424 g/mol. The summed E-state index contributed by atoms with van der Waals surface area (Å²) in [5.41, 5.74) is 2.82. The van der Waals surface area contributed by atoms with E-state index >= 15 is 0 Å². The zero-order valence-electron chi connectivity index (χ0n) is 16.7. The van der Waals surface area contributed by atoms with Crippen LogP contribution in [-0.4, -0.2) is 21.4 Å². The molecule has 8 heteroatoms. The fraction of sp³-hybridized carbons (Fsp3) is 0.136. The number of rotatable bonds is 6. The van der Waals surface area contributed by atoms with Crippen molar-refractivity contribution in [2.45, 2.75) is 18.7 Å². The Balaban J connectivity index is 1.92. The summed E-state index contributed by atoms with van der Waals surface area (Å²) in [6, 6.07) is 16.2. The minimum Gasteiger partial charge on any atom is -0.495 e. The second kappa shape index (κ2) is 8.77. The van der Waals surface area contributed by atoms with Crippen LogP contribution in [0.4, 0.5) is 11.4 Å². The molecule has 0 unspecified atom stereocenters. The van der Waals surface area contributed by atoms with Gasteiger partial charge in [-0.2, -0.15) is 0 Å². The van der Waals surface area contributed by atoms with Crippen LogP contribution >= 0.6 is 11.6 Å². The molecule has 6 nitrogen and oxygen atoms in total. The number of benzene rings is 3. The normalized spacial score (nSPS) is 11.1. The summed E-state index contributed by atoms with van der Waals surface area (Å²) in [5, 5.41) is 3.13. The van der Waals surface area contributed by atoms with Crippen LogP contribution in [0.5, 0.6) is 5.75 Å². The molecule has 2 N–H and O–H groups in total. The van der Waals surface area contributed by atoms with Crippen LogP contribution in [0.15, 0.2) is 65.6 Å². The number of amides is 1. The highest BCUT2D eigenvalue weighted by molar-refractivity contribution is 7.92. The average molecular weight is 445 g/mol. The molecule has 0 fully saturated rings. The largest absolute Gasteiger partial charge is 0.495 e. The highest BCUT2D eigenvalue weighted by atomic mass is 35.5. The number of carbonyl (C=O) groups excluding carboxylic acids is 1. The van der Waals surface area contributed by atoms with E-state index in [1.54, 1.807) is 31.2 Å². The number of anilines is 2. The molecule has 1 amide bonds. The van der Waals surface area contributed by atoms with Crippen molar-refractivity contribution in [2.24, 2.45) is 0 Å². The number of hydrogen-bond acceptors (Lipinski definition) is 4. The van der Waals surface area contributed by atoms with Gasteiger partial charge in [-0.3, -0.25) is 9.52 Å². The number of sulfonamides is 1. The van der Waals surface area contributed by atoms with Crippen LogP contribution < -0.4 is 14.8 Å². The lowest BCUT2D eigenvalue weighted by atomic mass is 10.1. The molecular formula is C22H21ClN2O4S. The first-order chi connectivity index (χ1) is 14.2. The smallest absolute Gasteiger partial charge is 0.261 e. The van der Waals surface area contributed by atoms with E-state index in [0.29, 0.717) is 22.0 Å². The van der Waals surface area contributed by atoms with Gasteiger partial charge in [-0.15, -0.1) is 0 Å². The first-order valence-corrected chi connectivity index (χ1v) is 10.9. The lowest BCUT2D eigenvalue weighted by molar-refractivity contribution is 0.102. The van der Waals surface area contributed by atoms with Gasteiger partial charge >= 0.3 is 0 Å². The molecule has 0 aliphatic heterocycles. The van der Waals surface area contributed by atoms with Crippen molar-refractivity contribution in [3.8, 4) is 5.75 Å². The van der Waals surface area contributed by atoms with Crippen LogP contribution in [0.1, 0.15) is 21.5 Å². The van der Waals surface area contributed by atoms with E-state index in [4.69, 9.17) is 16.3 Å². The van der Waals surface area contributed by atoms with Crippen LogP contribution in [0.2, 0.25) is 5.02 Å². The SMILES string of the molecule is COc1ccc(S(=O)(=O)Nc2cc(Cl)ccc2C)cc1NC(=O)c1ccc(C)cc1. The number of ether oxygens (including phenoxy) is 1. The zero-order valence-corrected chi connectivity index (χ0v) is 18.3. The van der Waals surface area contributed by atoms with Crippen molar-refractivity contribution in [3.63, 3.8) is 0 Å². The fourth-order valence-electron chi connectivity index (χ4n) is 2.76. The van der Waals surface area contributed by atoms with E-state index in [2.05, 4.69) is 10.0 Å². The number of halogens is 1. The van der Waals surface area contributed by atoms with Gasteiger partial charge < -0.3 is 10.1 Å². The quantitative estimate of drug-likeness (QED) is 0.559. The van der Waals surface area contributed by atoms with Crippen molar-refractivity contribution in [1.29, 1.82) is 0 Å². The summed E-state index contributed by atoms with van der Waals surface area (Å²) in [4.78, 5) is 12.6. The molecule has 0 heterocycles. The topological polar surface area (TPSA) is 84.5 Å². The Bertz CT molecular complexity index is 1190. The highest BCUT2D eigenvalue weighted by Gasteiger charge is 2.19. The second-order valence-electron chi connectivity index (χ2n) is 6.75. The molecule has 0 radical (unpaired) electrons. The summed E-state index contributed by atoms with van der Waals surface area (Å²) in [6.45, 7) is 3.70. The molecule has 0 aliphatic rings. The van der Waals surface area contributed by atoms with Crippen LogP contribution in [0.3, 0.4) is 0 Å². The molecule has 156 valence electrons. The van der Waals surface area contributed by atoms with E-state index in [1.165, 1.54) is 31.4 Å². The minimum atomic E-state index is -3.92. The molecule has 30 heavy (non-hydrogen) atoms. The van der Waals surface area contributed by atoms with E-state index in [0.717, 1.165) is 11.1 Å². The van der Waals surface area contributed by atoms with E-state index in [-0.39, 0.29) is 16.5 Å². The van der Waals surface area contributed by atoms with Gasteiger partial charge in [-0.1, -0.05) is 35.4 Å². The second-order valence-corrected chi connectivity index (χ2v) is 8.87. The zero-order chi connectivity index (χ0) is 21.9. The Hall–Kier alpha value is -3.03. The molecule has 0 saturated carbocycles. The van der Waals surface area contributed by atoms with Gasteiger partial charge in [0.15, 0.2) is 0 Å². The minimum absolute atomic E-state index is 0.0260. The van der Waals surface area contributed by atoms with Gasteiger partial charge in [0.05, 0.1) is 23.4 Å². The summed E-state index contributed by atoms with van der Waals surface area (Å²) >= 11 is 5.98. The number of nitrogens with one attached hydrogen (secondary N) is 2. The summed E-state index contributed by atoms with van der Waals surface area (Å²) in [7, 11) is -2.48. The molecule has 3 aromatic rings. The van der Waals surface area contributed by atoms with Gasteiger partial charge in [0, 0.05) is 10.6 Å². The standard InChI is InChI=1S/C22H21ClN2O4S/c1-14-4-7-16(8-5-14)22(26)24-20-13-18(10-11-21(20)29-3)30(27,28)25-19-12-17(23)9-6-15(19)2/h4-13,25H,1-3H3,(H,24,26). The number of methoxy groups -OCH3 is 1. The lowest BCUT2D eigenvalue weighted by Gasteiger charge is -2.14. The molecule has 0 bridgehead atoms. The predicted molar refractivity (Wildman–Crippen MR) is 119 cm³/mol. The van der Waals surface area contributed by atoms with Crippen molar-refractivity contribution in [1.82, 2.24) is 0 Å². The summed E-state index contributed by atoms with van der Waals surface area (Å²) in [6.07, 6.45) is 0. The maximum Gasteiger partial charge on any atom is 0.261 e. The summed E-state index contributed by atoms with van der Waals surface area (Å²) in [5.74, 6) is -0.0326. The third kappa shape index (κ3) is 4.93. The Morgan fingerprint density at radius 3 is 2.30 bits per heavy atom. The van der Waals surface area contributed by atoms with Crippen molar-refractivity contribution >= 4 is 38.9 Å². The van der Waals surface area contributed by atoms with Gasteiger partial charge in [-0.25, -0.2) is 8.42 Å². The van der Waals surface area contributed by atoms with Crippen molar-refractivity contribution < 1.29 is 17.9 Å². The molecule has 0 saturated heterocycles. The maximum absolute atomic E-state index is 12.9. The monoisotopic (exact) mass is 444 g/mol. The fourth-order valence-corrected chi connectivity index (χ4v) is 4.08. The Labute approximate surface area is 180 Å². The van der Waals surface area contributed by atoms with Crippen LogP contribution in [-0.2, 0) is 10.0 Å². The highest BCUT2D eigenvalue weighted by Crippen LogP contribution is 2.30. The van der Waals surface area contributed by atoms with E-state index in [1.807, 2.05) is 19.1 Å². The lowest BCUT2D eigenvalue weighted by Crippen LogP contribution is -2.16. The number of carbonyl (C=O) groups is 1. The average Bonchev–Trinajstić information content (AvgIpc) is 2.71. The number of hydrogen-bond donors (Lipinski definition) is 2. The third-order valence-electron chi connectivity index (χ3n) is 4.49. The molecule has 3 aromatic carbocycles. The molecule has 0 aromatic heterocycles. The van der Waals surface area contributed by atoms with E-state index < -0.39 is 10.0 Å². The van der Waals surface area contributed by atoms with Gasteiger partial charge in [0.25, 0.3) is 15.9 Å². The Morgan fingerprint density at radius 2 is 1.63 bits per heavy atom.